The molecule has 7 heteroatoms. The lowest BCUT2D eigenvalue weighted by Crippen LogP contribution is -2.47. The van der Waals surface area contributed by atoms with Crippen molar-refractivity contribution in [1.29, 1.82) is 0 Å². The Balaban J connectivity index is 2.10. The number of halogens is 1. The molecule has 4 nitrogen and oxygen atoms in total. The van der Waals surface area contributed by atoms with Crippen molar-refractivity contribution in [2.45, 2.75) is 31.6 Å². The van der Waals surface area contributed by atoms with Gasteiger partial charge >= 0.3 is 0 Å². The minimum atomic E-state index is -0.259. The Morgan fingerprint density at radius 2 is 1.95 bits per heavy atom. The Bertz CT molecular complexity index is 480. The lowest BCUT2D eigenvalue weighted by Gasteiger charge is -2.12. The van der Waals surface area contributed by atoms with Crippen LogP contribution in [0.1, 0.15) is 26.7 Å². The van der Waals surface area contributed by atoms with Crippen LogP contribution in [0.25, 0.3) is 0 Å². The molecule has 3 N–H and O–H groups in total. The summed E-state index contributed by atoms with van der Waals surface area (Å²) in [5, 5.41) is 3.44. The third-order valence-electron chi connectivity index (χ3n) is 2.73. The topological polar surface area (TPSA) is 53.2 Å². The van der Waals surface area contributed by atoms with Crippen molar-refractivity contribution in [2.24, 2.45) is 5.92 Å². The van der Waals surface area contributed by atoms with Gasteiger partial charge in [-0.1, -0.05) is 13.8 Å². The van der Waals surface area contributed by atoms with E-state index in [1.165, 1.54) is 23.9 Å². The van der Waals surface area contributed by atoms with Crippen molar-refractivity contribution in [3.8, 4) is 0 Å². The van der Waals surface area contributed by atoms with Gasteiger partial charge in [-0.25, -0.2) is 4.39 Å². The van der Waals surface area contributed by atoms with Gasteiger partial charge in [-0.2, -0.15) is 0 Å². The first-order valence-electron chi connectivity index (χ1n) is 7.18. The Morgan fingerprint density at radius 1 is 1.27 bits per heavy atom. The fourth-order valence-corrected chi connectivity index (χ4v) is 2.50. The molecule has 0 fully saturated rings. The number of carbonyl (C=O) groups excluding carboxylic acids is 1. The van der Waals surface area contributed by atoms with Crippen molar-refractivity contribution in [3.05, 3.63) is 30.1 Å². The van der Waals surface area contributed by atoms with Crippen LogP contribution in [0.15, 0.2) is 29.2 Å². The smallest absolute Gasteiger partial charge is 0.239 e. The zero-order valence-corrected chi connectivity index (χ0v) is 14.5. The molecule has 0 aliphatic rings. The summed E-state index contributed by atoms with van der Waals surface area (Å²) >= 11 is 6.55. The van der Waals surface area contributed by atoms with E-state index in [1.807, 2.05) is 0 Å². The van der Waals surface area contributed by atoms with Gasteiger partial charge in [0.15, 0.2) is 5.11 Å². The first-order chi connectivity index (χ1) is 10.5. The molecule has 1 amide bonds. The maximum Gasteiger partial charge on any atom is 0.239 e. The number of thiocarbonyl (C=S) groups is 1. The lowest BCUT2D eigenvalue weighted by molar-refractivity contribution is -0.121. The molecule has 0 radical (unpaired) electrons. The maximum atomic E-state index is 12.7. The van der Waals surface area contributed by atoms with Crippen molar-refractivity contribution in [2.75, 3.05) is 12.3 Å². The van der Waals surface area contributed by atoms with Crippen LogP contribution in [-0.2, 0) is 4.79 Å². The maximum absolute atomic E-state index is 12.7. The van der Waals surface area contributed by atoms with Crippen molar-refractivity contribution < 1.29 is 9.18 Å². The highest BCUT2D eigenvalue weighted by molar-refractivity contribution is 7.99. The highest BCUT2D eigenvalue weighted by Gasteiger charge is 2.03. The van der Waals surface area contributed by atoms with E-state index in [2.05, 4.69) is 30.0 Å². The van der Waals surface area contributed by atoms with Gasteiger partial charge in [-0.15, -0.1) is 11.8 Å². The molecular weight excluding hydrogens is 321 g/mol. The molecule has 0 spiro atoms. The molecule has 0 aliphatic heterocycles. The van der Waals surface area contributed by atoms with Gasteiger partial charge in [0.2, 0.25) is 5.91 Å². The number of amides is 1. The second-order valence-electron chi connectivity index (χ2n) is 5.16. The van der Waals surface area contributed by atoms with Crippen LogP contribution in [0.3, 0.4) is 0 Å². The fourth-order valence-electron chi connectivity index (χ4n) is 1.50. The Morgan fingerprint density at radius 3 is 2.59 bits per heavy atom. The molecule has 122 valence electrons. The van der Waals surface area contributed by atoms with Crippen molar-refractivity contribution >= 4 is 35.0 Å². The average Bonchev–Trinajstić information content (AvgIpc) is 2.47. The number of rotatable bonds is 7. The molecule has 0 aliphatic carbocycles. The van der Waals surface area contributed by atoms with Crippen molar-refractivity contribution in [1.82, 2.24) is 16.2 Å². The summed E-state index contributed by atoms with van der Waals surface area (Å²) in [5.41, 5.74) is 5.22. The number of hydrogen-bond donors (Lipinski definition) is 3. The molecule has 0 aromatic heterocycles. The zero-order chi connectivity index (χ0) is 16.4. The highest BCUT2D eigenvalue weighted by Crippen LogP contribution is 2.18. The summed E-state index contributed by atoms with van der Waals surface area (Å²) in [4.78, 5) is 12.6. The third kappa shape index (κ3) is 8.84. The molecule has 22 heavy (non-hydrogen) atoms. The quantitative estimate of drug-likeness (QED) is 0.404. The molecule has 0 unspecified atom stereocenters. The number of thioether (sulfide) groups is 1. The minimum Gasteiger partial charge on any atom is -0.361 e. The normalized spacial score (nSPS) is 10.4. The van der Waals surface area contributed by atoms with Crippen LogP contribution < -0.4 is 16.2 Å². The zero-order valence-electron chi connectivity index (χ0n) is 12.8. The Hall–Kier alpha value is -1.34. The minimum absolute atomic E-state index is 0.136. The van der Waals surface area contributed by atoms with Crippen LogP contribution in [-0.4, -0.2) is 23.3 Å². The van der Waals surface area contributed by atoms with Crippen LogP contribution in [0, 0.1) is 11.7 Å². The van der Waals surface area contributed by atoms with Gasteiger partial charge in [0.25, 0.3) is 0 Å². The standard InChI is InChI=1S/C15H22FN3OS2/c1-11(2)7-9-17-15(21)19-18-14(20)8-10-22-13-5-3-12(16)4-6-13/h3-6,11H,7-10H2,1-2H3,(H,18,20)(H2,17,19,21). The summed E-state index contributed by atoms with van der Waals surface area (Å²) in [6.07, 6.45) is 1.37. The molecule has 0 atom stereocenters. The molecule has 0 saturated heterocycles. The van der Waals surface area contributed by atoms with Crippen LogP contribution in [0.2, 0.25) is 0 Å². The summed E-state index contributed by atoms with van der Waals surface area (Å²) in [6.45, 7) is 5.05. The highest BCUT2D eigenvalue weighted by atomic mass is 32.2. The van der Waals surface area contributed by atoms with E-state index in [0.717, 1.165) is 17.9 Å². The van der Waals surface area contributed by atoms with Gasteiger partial charge < -0.3 is 5.32 Å². The average molecular weight is 343 g/mol. The summed E-state index contributed by atoms with van der Waals surface area (Å²) < 4.78 is 12.7. The van der Waals surface area contributed by atoms with Crippen LogP contribution in [0.4, 0.5) is 4.39 Å². The summed E-state index contributed by atoms with van der Waals surface area (Å²) in [6, 6.07) is 6.21. The predicted octanol–water partition coefficient (Wildman–Crippen LogP) is 2.85. The van der Waals surface area contributed by atoms with Crippen molar-refractivity contribution in [3.63, 3.8) is 0 Å². The first kappa shape index (κ1) is 18.7. The SMILES string of the molecule is CC(C)CCNC(=S)NNC(=O)CCSc1ccc(F)cc1. The van der Waals surface area contributed by atoms with E-state index in [1.54, 1.807) is 12.1 Å². The van der Waals surface area contributed by atoms with Gasteiger partial charge in [0.05, 0.1) is 0 Å². The largest absolute Gasteiger partial charge is 0.361 e. The predicted molar refractivity (Wildman–Crippen MR) is 93.1 cm³/mol. The Labute approximate surface area is 140 Å². The molecule has 0 heterocycles. The number of carbonyl (C=O) groups is 1. The second kappa shape index (κ2) is 10.4. The number of hydrogen-bond acceptors (Lipinski definition) is 3. The number of nitrogens with one attached hydrogen (secondary N) is 3. The van der Waals surface area contributed by atoms with Crippen LogP contribution >= 0.6 is 24.0 Å². The molecule has 1 aromatic carbocycles. The van der Waals surface area contributed by atoms with Crippen LogP contribution in [0.5, 0.6) is 0 Å². The van der Waals surface area contributed by atoms with E-state index in [0.29, 0.717) is 23.2 Å². The van der Waals surface area contributed by atoms with E-state index < -0.39 is 0 Å². The monoisotopic (exact) mass is 343 g/mol. The lowest BCUT2D eigenvalue weighted by atomic mass is 10.1. The number of hydrazine groups is 1. The van der Waals surface area contributed by atoms with E-state index in [-0.39, 0.29) is 11.7 Å². The fraction of sp³-hybridized carbons (Fsp3) is 0.467. The van der Waals surface area contributed by atoms with E-state index in [9.17, 15) is 9.18 Å². The molecule has 0 saturated carbocycles. The van der Waals surface area contributed by atoms with Gasteiger partial charge in [-0.05, 0) is 48.8 Å². The van der Waals surface area contributed by atoms with Gasteiger partial charge in [0.1, 0.15) is 5.82 Å². The van der Waals surface area contributed by atoms with E-state index in [4.69, 9.17) is 12.2 Å². The van der Waals surface area contributed by atoms with Gasteiger partial charge in [0, 0.05) is 23.6 Å². The Kier molecular flexibility index (Phi) is 8.84. The third-order valence-corrected chi connectivity index (χ3v) is 3.99. The number of benzene rings is 1. The molecule has 1 aromatic rings. The van der Waals surface area contributed by atoms with E-state index >= 15 is 0 Å². The molecular formula is C15H22FN3OS2. The van der Waals surface area contributed by atoms with Gasteiger partial charge in [-0.3, -0.25) is 15.6 Å². The summed E-state index contributed by atoms with van der Waals surface area (Å²) in [5.74, 6) is 0.827. The molecule has 1 rings (SSSR count). The second-order valence-corrected chi connectivity index (χ2v) is 6.74. The first-order valence-corrected chi connectivity index (χ1v) is 8.58. The molecule has 0 bridgehead atoms. The summed E-state index contributed by atoms with van der Waals surface area (Å²) in [7, 11) is 0.